The lowest BCUT2D eigenvalue weighted by atomic mass is 9.85. The fourth-order valence-electron chi connectivity index (χ4n) is 3.92. The van der Waals surface area contributed by atoms with E-state index in [0.717, 1.165) is 26.4 Å². The topological polar surface area (TPSA) is 73.9 Å². The van der Waals surface area contributed by atoms with Gasteiger partial charge in [-0.25, -0.2) is 9.59 Å². The number of nitrogens with one attached hydrogen (secondary N) is 1. The van der Waals surface area contributed by atoms with Gasteiger partial charge in [-0.1, -0.05) is 49.6 Å². The zero-order valence-corrected chi connectivity index (χ0v) is 19.0. The van der Waals surface area contributed by atoms with Crippen molar-refractivity contribution in [3.8, 4) is 0 Å². The number of esters is 1. The number of halogens is 3. The minimum atomic E-state index is -5.06. The van der Waals surface area contributed by atoms with Crippen LogP contribution >= 0.6 is 0 Å². The molecule has 1 fully saturated rings. The number of hydrogen-bond donors (Lipinski definition) is 1. The maximum Gasteiger partial charge on any atom is 0.432 e. The summed E-state index contributed by atoms with van der Waals surface area (Å²) in [4.78, 5) is 25.1. The first kappa shape index (κ1) is 26.0. The van der Waals surface area contributed by atoms with E-state index >= 15 is 0 Å². The molecule has 32 heavy (non-hydrogen) atoms. The van der Waals surface area contributed by atoms with E-state index in [9.17, 15) is 22.8 Å². The second-order valence-electron chi connectivity index (χ2n) is 8.97. The normalized spacial score (nSPS) is 18.3. The quantitative estimate of drug-likeness (QED) is 0.574. The molecule has 1 aromatic carbocycles. The molecule has 1 N–H and O–H groups in total. The highest BCUT2D eigenvalue weighted by Crippen LogP contribution is 2.43. The summed E-state index contributed by atoms with van der Waals surface area (Å²) >= 11 is 0. The number of rotatable bonds is 7. The number of methoxy groups -OCH3 is 1. The molecule has 0 radical (unpaired) electrons. The molecule has 0 aromatic heterocycles. The van der Waals surface area contributed by atoms with Gasteiger partial charge in [0.1, 0.15) is 11.7 Å². The van der Waals surface area contributed by atoms with Gasteiger partial charge >= 0.3 is 18.2 Å². The summed E-state index contributed by atoms with van der Waals surface area (Å²) in [5, 5.41) is 2.53. The Labute approximate surface area is 186 Å². The molecule has 0 bridgehead atoms. The summed E-state index contributed by atoms with van der Waals surface area (Å²) in [6, 6.07) is 6.68. The maximum atomic E-state index is 14.2. The van der Waals surface area contributed by atoms with Crippen molar-refractivity contribution in [2.75, 3.05) is 13.7 Å². The second kappa shape index (κ2) is 10.6. The number of alkyl halides is 3. The predicted octanol–water partition coefficient (Wildman–Crippen LogP) is 5.11. The van der Waals surface area contributed by atoms with Gasteiger partial charge in [-0.2, -0.15) is 13.2 Å². The molecular formula is C23H32F3NO5. The lowest BCUT2D eigenvalue weighted by Crippen LogP contribution is -2.54. The zero-order chi connectivity index (χ0) is 24.0. The summed E-state index contributed by atoms with van der Waals surface area (Å²) in [5.41, 5.74) is -4.38. The molecule has 1 aliphatic carbocycles. The van der Waals surface area contributed by atoms with Crippen LogP contribution in [0.3, 0.4) is 0 Å². The number of benzene rings is 1. The molecule has 1 aromatic rings. The Kier molecular flexibility index (Phi) is 8.56. The number of carbonyl (C=O) groups excluding carboxylic acids is 2. The van der Waals surface area contributed by atoms with Crippen LogP contribution in [0.5, 0.6) is 0 Å². The van der Waals surface area contributed by atoms with E-state index in [2.05, 4.69) is 5.32 Å². The molecule has 2 atom stereocenters. The fraction of sp³-hybridized carbons (Fsp3) is 0.652. The molecule has 1 aliphatic rings. The van der Waals surface area contributed by atoms with E-state index in [4.69, 9.17) is 14.2 Å². The van der Waals surface area contributed by atoms with E-state index in [0.29, 0.717) is 12.8 Å². The lowest BCUT2D eigenvalue weighted by Gasteiger charge is -2.36. The molecule has 0 spiro atoms. The van der Waals surface area contributed by atoms with Crippen molar-refractivity contribution in [1.82, 2.24) is 5.32 Å². The third-order valence-corrected chi connectivity index (χ3v) is 5.45. The zero-order valence-electron chi connectivity index (χ0n) is 19.0. The van der Waals surface area contributed by atoms with Crippen LogP contribution in [0.4, 0.5) is 18.0 Å². The summed E-state index contributed by atoms with van der Waals surface area (Å²) < 4.78 is 58.0. The van der Waals surface area contributed by atoms with Gasteiger partial charge in [0.25, 0.3) is 5.60 Å². The predicted molar refractivity (Wildman–Crippen MR) is 112 cm³/mol. The molecule has 0 saturated heterocycles. The third-order valence-electron chi connectivity index (χ3n) is 5.45. The van der Waals surface area contributed by atoms with Crippen LogP contribution in [0.25, 0.3) is 0 Å². The van der Waals surface area contributed by atoms with Crippen molar-refractivity contribution in [1.29, 1.82) is 0 Å². The number of hydrogen-bond acceptors (Lipinski definition) is 5. The Morgan fingerprint density at radius 1 is 1.06 bits per heavy atom. The first-order valence-electron chi connectivity index (χ1n) is 10.8. The third kappa shape index (κ3) is 6.37. The SMILES string of the molecule is CO[C@@](C(=O)O[C@H](CNC(=O)OC(C)(C)C)C1CCCCC1)(c1ccccc1)C(F)(F)F. The highest BCUT2D eigenvalue weighted by atomic mass is 19.4. The lowest BCUT2D eigenvalue weighted by molar-refractivity contribution is -0.279. The molecule has 1 amide bonds. The minimum Gasteiger partial charge on any atom is -0.458 e. The molecule has 1 saturated carbocycles. The highest BCUT2D eigenvalue weighted by Gasteiger charge is 2.64. The van der Waals surface area contributed by atoms with Crippen molar-refractivity contribution in [2.24, 2.45) is 5.92 Å². The van der Waals surface area contributed by atoms with Crippen LogP contribution in [-0.4, -0.2) is 43.6 Å². The second-order valence-corrected chi connectivity index (χ2v) is 8.97. The summed E-state index contributed by atoms with van der Waals surface area (Å²) in [6.07, 6.45) is -2.61. The number of amides is 1. The summed E-state index contributed by atoms with van der Waals surface area (Å²) in [7, 11) is 0.830. The summed E-state index contributed by atoms with van der Waals surface area (Å²) in [5.74, 6) is -1.73. The van der Waals surface area contributed by atoms with E-state index in [-0.39, 0.29) is 18.0 Å². The molecule has 2 rings (SSSR count). The number of ether oxygens (including phenoxy) is 3. The van der Waals surface area contributed by atoms with E-state index < -0.39 is 35.5 Å². The van der Waals surface area contributed by atoms with Gasteiger partial charge in [0, 0.05) is 12.7 Å². The average Bonchev–Trinajstić information content (AvgIpc) is 2.71. The van der Waals surface area contributed by atoms with Gasteiger partial charge in [0.15, 0.2) is 0 Å². The molecule has 0 heterocycles. The molecule has 0 unspecified atom stereocenters. The standard InChI is InChI=1S/C23H32F3NO5/c1-21(2,3)32-20(29)27-15-18(16-11-7-5-8-12-16)31-19(28)22(30-4,23(24,25)26)17-13-9-6-10-14-17/h6,9-10,13-14,16,18H,5,7-8,11-12,15H2,1-4H3,(H,27,29)/t18-,22-/m1/s1. The monoisotopic (exact) mass is 459 g/mol. The average molecular weight is 460 g/mol. The van der Waals surface area contributed by atoms with Crippen molar-refractivity contribution >= 4 is 12.1 Å². The van der Waals surface area contributed by atoms with Gasteiger partial charge in [-0.15, -0.1) is 0 Å². The van der Waals surface area contributed by atoms with Gasteiger partial charge in [0.05, 0.1) is 6.54 Å². The van der Waals surface area contributed by atoms with Crippen molar-refractivity contribution in [3.05, 3.63) is 35.9 Å². The van der Waals surface area contributed by atoms with Gasteiger partial charge in [0.2, 0.25) is 0 Å². The van der Waals surface area contributed by atoms with E-state index in [1.807, 2.05) is 0 Å². The number of carbonyl (C=O) groups is 2. The fourth-order valence-corrected chi connectivity index (χ4v) is 3.92. The largest absolute Gasteiger partial charge is 0.458 e. The molecular weight excluding hydrogens is 427 g/mol. The van der Waals surface area contributed by atoms with Crippen molar-refractivity contribution in [3.63, 3.8) is 0 Å². The van der Waals surface area contributed by atoms with E-state index in [1.165, 1.54) is 24.3 Å². The van der Waals surface area contributed by atoms with Crippen LogP contribution in [0.15, 0.2) is 30.3 Å². The first-order chi connectivity index (χ1) is 14.9. The Balaban J connectivity index is 2.28. The Hall–Kier alpha value is -2.29. The Bertz CT molecular complexity index is 757. The van der Waals surface area contributed by atoms with Crippen LogP contribution in [0.2, 0.25) is 0 Å². The van der Waals surface area contributed by atoms with Crippen LogP contribution < -0.4 is 5.32 Å². The Morgan fingerprint density at radius 2 is 1.66 bits per heavy atom. The van der Waals surface area contributed by atoms with E-state index in [1.54, 1.807) is 26.8 Å². The van der Waals surface area contributed by atoms with Crippen LogP contribution in [0, 0.1) is 5.92 Å². The van der Waals surface area contributed by atoms with Crippen LogP contribution in [-0.2, 0) is 24.6 Å². The maximum absolute atomic E-state index is 14.2. The first-order valence-corrected chi connectivity index (χ1v) is 10.8. The van der Waals surface area contributed by atoms with Gasteiger partial charge < -0.3 is 19.5 Å². The Morgan fingerprint density at radius 3 is 2.16 bits per heavy atom. The molecule has 0 aliphatic heterocycles. The molecule has 180 valence electrons. The van der Waals surface area contributed by atoms with Crippen molar-refractivity contribution in [2.45, 2.75) is 76.4 Å². The van der Waals surface area contributed by atoms with Gasteiger partial charge in [-0.05, 0) is 39.5 Å². The van der Waals surface area contributed by atoms with Crippen molar-refractivity contribution < 1.29 is 37.0 Å². The molecule has 9 heteroatoms. The number of alkyl carbamates (subject to hydrolysis) is 1. The van der Waals surface area contributed by atoms with Crippen LogP contribution in [0.1, 0.15) is 58.4 Å². The smallest absolute Gasteiger partial charge is 0.432 e. The summed E-state index contributed by atoms with van der Waals surface area (Å²) in [6.45, 7) is 4.93. The minimum absolute atomic E-state index is 0.155. The van der Waals surface area contributed by atoms with Gasteiger partial charge in [-0.3, -0.25) is 0 Å². The molecule has 6 nitrogen and oxygen atoms in total. The highest BCUT2D eigenvalue weighted by molar-refractivity contribution is 5.83.